The summed E-state index contributed by atoms with van der Waals surface area (Å²) in [5.41, 5.74) is 1.28. The van der Waals surface area contributed by atoms with Crippen molar-refractivity contribution < 1.29 is 17.6 Å². The van der Waals surface area contributed by atoms with E-state index >= 15 is 0 Å². The first kappa shape index (κ1) is 17.1. The first-order valence-electron chi connectivity index (χ1n) is 7.77. The fraction of sp³-hybridized carbons (Fsp3) is 0.235. The first-order valence-corrected chi connectivity index (χ1v) is 9.66. The molecule has 7 nitrogen and oxygen atoms in total. The second-order valence-electron chi connectivity index (χ2n) is 5.74. The van der Waals surface area contributed by atoms with Crippen LogP contribution in [0.3, 0.4) is 0 Å². The summed E-state index contributed by atoms with van der Waals surface area (Å²) >= 11 is 0. The van der Waals surface area contributed by atoms with Gasteiger partial charge in [-0.15, -0.1) is 0 Å². The molecule has 0 saturated carbocycles. The summed E-state index contributed by atoms with van der Waals surface area (Å²) < 4.78 is 32.4. The van der Waals surface area contributed by atoms with Crippen LogP contribution in [0.2, 0.25) is 0 Å². The number of nitrogens with zero attached hydrogens (tertiary/aromatic N) is 1. The Hall–Kier alpha value is -2.74. The number of anilines is 1. The largest absolute Gasteiger partial charge is 0.469 e. The highest BCUT2D eigenvalue weighted by atomic mass is 32.2. The fourth-order valence-corrected chi connectivity index (χ4v) is 3.22. The third-order valence-electron chi connectivity index (χ3n) is 3.70. The topological polar surface area (TPSA) is 93.3 Å². The number of carbonyl (C=O) groups is 1. The Labute approximate surface area is 145 Å². The summed E-state index contributed by atoms with van der Waals surface area (Å²) in [6.45, 7) is 0.649. The Morgan fingerprint density at radius 3 is 2.76 bits per heavy atom. The number of hydrogen-bond donors (Lipinski definition) is 2. The van der Waals surface area contributed by atoms with Gasteiger partial charge in [-0.2, -0.15) is 0 Å². The van der Waals surface area contributed by atoms with Gasteiger partial charge in [-0.3, -0.25) is 9.52 Å². The second-order valence-corrected chi connectivity index (χ2v) is 7.48. The summed E-state index contributed by atoms with van der Waals surface area (Å²) in [5.74, 6) is 0.703. The molecule has 25 heavy (non-hydrogen) atoms. The Bertz CT molecular complexity index is 975. The average molecular weight is 361 g/mol. The maximum Gasteiger partial charge on any atom is 0.239 e. The van der Waals surface area contributed by atoms with Crippen molar-refractivity contribution in [2.24, 2.45) is 0 Å². The van der Waals surface area contributed by atoms with Gasteiger partial charge in [0.2, 0.25) is 15.9 Å². The van der Waals surface area contributed by atoms with Gasteiger partial charge in [-0.1, -0.05) is 6.07 Å². The highest BCUT2D eigenvalue weighted by Crippen LogP contribution is 2.25. The molecule has 8 heteroatoms. The summed E-state index contributed by atoms with van der Waals surface area (Å²) in [5, 5.41) is 3.59. The molecule has 0 unspecified atom stereocenters. The van der Waals surface area contributed by atoms with E-state index in [0.717, 1.165) is 22.9 Å². The molecule has 0 fully saturated rings. The molecular formula is C17H19N3O4S. The van der Waals surface area contributed by atoms with E-state index in [1.54, 1.807) is 35.2 Å². The molecule has 0 atom stereocenters. The van der Waals surface area contributed by atoms with E-state index in [4.69, 9.17) is 4.42 Å². The molecule has 2 aromatic heterocycles. The van der Waals surface area contributed by atoms with Gasteiger partial charge < -0.3 is 14.3 Å². The maximum atomic E-state index is 12.1. The van der Waals surface area contributed by atoms with Crippen LogP contribution in [0, 0.1) is 0 Å². The molecule has 0 aliphatic rings. The summed E-state index contributed by atoms with van der Waals surface area (Å²) in [7, 11) is -3.36. The van der Waals surface area contributed by atoms with Crippen LogP contribution < -0.4 is 10.0 Å². The van der Waals surface area contributed by atoms with E-state index in [-0.39, 0.29) is 12.5 Å². The Kier molecular flexibility index (Phi) is 4.80. The van der Waals surface area contributed by atoms with Crippen LogP contribution in [0.15, 0.2) is 53.3 Å². The number of hydrogen-bond acceptors (Lipinski definition) is 4. The molecule has 0 bridgehead atoms. The molecular weight excluding hydrogens is 342 g/mol. The zero-order chi connectivity index (χ0) is 17.9. The Morgan fingerprint density at radius 1 is 1.20 bits per heavy atom. The zero-order valence-electron chi connectivity index (χ0n) is 13.7. The lowest BCUT2D eigenvalue weighted by Gasteiger charge is -2.09. The van der Waals surface area contributed by atoms with Crippen molar-refractivity contribution in [2.75, 3.05) is 17.5 Å². The number of aromatic nitrogens is 1. The van der Waals surface area contributed by atoms with Gasteiger partial charge in [0.25, 0.3) is 0 Å². The molecule has 1 amide bonds. The van der Waals surface area contributed by atoms with Crippen molar-refractivity contribution >= 4 is 32.5 Å². The third-order valence-corrected chi connectivity index (χ3v) is 4.29. The lowest BCUT2D eigenvalue weighted by atomic mass is 10.2. The van der Waals surface area contributed by atoms with Crippen LogP contribution in [-0.4, -0.2) is 31.7 Å². The molecule has 3 aromatic rings. The van der Waals surface area contributed by atoms with E-state index < -0.39 is 10.0 Å². The van der Waals surface area contributed by atoms with Crippen molar-refractivity contribution in [3.8, 4) is 0 Å². The SMILES string of the molecule is CS(=O)(=O)Nc1cccc2c1ccn2CC(=O)NCCc1ccco1. The predicted octanol–water partition coefficient (Wildman–Crippen LogP) is 1.96. The highest BCUT2D eigenvalue weighted by Gasteiger charge is 2.11. The Balaban J connectivity index is 1.67. The summed E-state index contributed by atoms with van der Waals surface area (Å²) in [6, 6.07) is 10.8. The molecule has 0 radical (unpaired) electrons. The molecule has 0 saturated heterocycles. The van der Waals surface area contributed by atoms with Crippen molar-refractivity contribution in [1.29, 1.82) is 0 Å². The van der Waals surface area contributed by atoms with Gasteiger partial charge in [-0.05, 0) is 30.3 Å². The van der Waals surface area contributed by atoms with Gasteiger partial charge in [0.1, 0.15) is 12.3 Å². The van der Waals surface area contributed by atoms with Crippen LogP contribution in [0.4, 0.5) is 5.69 Å². The first-order chi connectivity index (χ1) is 11.9. The van der Waals surface area contributed by atoms with Crippen LogP contribution >= 0.6 is 0 Å². The lowest BCUT2D eigenvalue weighted by molar-refractivity contribution is -0.121. The molecule has 1 aromatic carbocycles. The number of nitrogens with one attached hydrogen (secondary N) is 2. The number of amides is 1. The van der Waals surface area contributed by atoms with E-state index in [1.807, 2.05) is 18.2 Å². The molecule has 2 N–H and O–H groups in total. The minimum absolute atomic E-state index is 0.120. The number of carbonyl (C=O) groups excluding carboxylic acids is 1. The van der Waals surface area contributed by atoms with Crippen molar-refractivity contribution in [3.63, 3.8) is 0 Å². The fourth-order valence-electron chi connectivity index (χ4n) is 2.64. The van der Waals surface area contributed by atoms with Crippen molar-refractivity contribution in [3.05, 3.63) is 54.6 Å². The van der Waals surface area contributed by atoms with Gasteiger partial charge in [-0.25, -0.2) is 8.42 Å². The molecule has 0 spiro atoms. The van der Waals surface area contributed by atoms with Crippen LogP contribution in [-0.2, 0) is 27.8 Å². The summed E-state index contributed by atoms with van der Waals surface area (Å²) in [4.78, 5) is 12.1. The molecule has 0 aliphatic carbocycles. The number of rotatable bonds is 7. The normalized spacial score (nSPS) is 11.6. The quantitative estimate of drug-likeness (QED) is 0.673. The third kappa shape index (κ3) is 4.42. The van der Waals surface area contributed by atoms with Gasteiger partial charge >= 0.3 is 0 Å². The predicted molar refractivity (Wildman–Crippen MR) is 95.8 cm³/mol. The molecule has 2 heterocycles. The average Bonchev–Trinajstić information content (AvgIpc) is 3.17. The minimum atomic E-state index is -3.36. The molecule has 0 aliphatic heterocycles. The van der Waals surface area contributed by atoms with E-state index in [0.29, 0.717) is 18.7 Å². The molecule has 132 valence electrons. The van der Waals surface area contributed by atoms with Crippen molar-refractivity contribution in [2.45, 2.75) is 13.0 Å². The number of benzene rings is 1. The highest BCUT2D eigenvalue weighted by molar-refractivity contribution is 7.92. The van der Waals surface area contributed by atoms with Crippen molar-refractivity contribution in [1.82, 2.24) is 9.88 Å². The number of fused-ring (bicyclic) bond motifs is 1. The van der Waals surface area contributed by atoms with Gasteiger partial charge in [0.15, 0.2) is 0 Å². The monoisotopic (exact) mass is 361 g/mol. The van der Waals surface area contributed by atoms with Crippen LogP contribution in [0.25, 0.3) is 10.9 Å². The zero-order valence-corrected chi connectivity index (χ0v) is 14.5. The molecule has 3 rings (SSSR count). The standard InChI is InChI=1S/C17H19N3O4S/c1-25(22,23)19-15-5-2-6-16-14(15)8-10-20(16)12-17(21)18-9-7-13-4-3-11-24-13/h2-6,8,10-11,19H,7,9,12H2,1H3,(H,18,21). The second kappa shape index (κ2) is 7.02. The van der Waals surface area contributed by atoms with E-state index in [1.165, 1.54) is 0 Å². The summed E-state index contributed by atoms with van der Waals surface area (Å²) in [6.07, 6.45) is 5.11. The lowest BCUT2D eigenvalue weighted by Crippen LogP contribution is -2.29. The van der Waals surface area contributed by atoms with Crippen LogP contribution in [0.5, 0.6) is 0 Å². The van der Waals surface area contributed by atoms with E-state index in [2.05, 4.69) is 10.0 Å². The minimum Gasteiger partial charge on any atom is -0.469 e. The number of furan rings is 1. The van der Waals surface area contributed by atoms with E-state index in [9.17, 15) is 13.2 Å². The smallest absolute Gasteiger partial charge is 0.239 e. The maximum absolute atomic E-state index is 12.1. The number of sulfonamides is 1. The van der Waals surface area contributed by atoms with Gasteiger partial charge in [0, 0.05) is 24.5 Å². The van der Waals surface area contributed by atoms with Gasteiger partial charge in [0.05, 0.1) is 23.7 Å². The van der Waals surface area contributed by atoms with Crippen LogP contribution in [0.1, 0.15) is 5.76 Å². The Morgan fingerprint density at radius 2 is 2.04 bits per heavy atom.